The Hall–Kier alpha value is -0.820. The van der Waals surface area contributed by atoms with Crippen molar-refractivity contribution in [2.24, 2.45) is 0 Å². The molecule has 0 unspecified atom stereocenters. The first kappa shape index (κ1) is 8.76. The summed E-state index contributed by atoms with van der Waals surface area (Å²) in [6, 6.07) is 8.88. The highest BCUT2D eigenvalue weighted by atomic mass is 14.8. The maximum Gasteiger partial charge on any atom is 0.00172 e. The summed E-state index contributed by atoms with van der Waals surface area (Å²) in [7, 11) is 2.04. The molecule has 0 aromatic heterocycles. The topological polar surface area (TPSA) is 12.0 Å². The maximum absolute atomic E-state index is 3.28. The Morgan fingerprint density at radius 2 is 2.23 bits per heavy atom. The Bertz CT molecular complexity index is 280. The molecule has 13 heavy (non-hydrogen) atoms. The van der Waals surface area contributed by atoms with Crippen LogP contribution in [0.5, 0.6) is 0 Å². The van der Waals surface area contributed by atoms with Crippen molar-refractivity contribution in [3.05, 3.63) is 35.4 Å². The fourth-order valence-corrected chi connectivity index (χ4v) is 2.31. The fraction of sp³-hybridized carbons (Fsp3) is 0.500. The third-order valence-electron chi connectivity index (χ3n) is 2.94. The van der Waals surface area contributed by atoms with Gasteiger partial charge in [0.25, 0.3) is 0 Å². The van der Waals surface area contributed by atoms with Crippen molar-refractivity contribution >= 4 is 0 Å². The molecule has 70 valence electrons. The summed E-state index contributed by atoms with van der Waals surface area (Å²) in [6.45, 7) is 1.12. The summed E-state index contributed by atoms with van der Waals surface area (Å²) < 4.78 is 0. The van der Waals surface area contributed by atoms with Crippen molar-refractivity contribution in [1.29, 1.82) is 0 Å². The molecule has 0 aliphatic heterocycles. The van der Waals surface area contributed by atoms with Gasteiger partial charge in [0.15, 0.2) is 0 Å². The minimum Gasteiger partial charge on any atom is -0.319 e. The lowest BCUT2D eigenvalue weighted by Crippen LogP contribution is -2.21. The van der Waals surface area contributed by atoms with E-state index in [1.807, 2.05) is 7.05 Å². The van der Waals surface area contributed by atoms with Gasteiger partial charge in [-0.15, -0.1) is 0 Å². The van der Waals surface area contributed by atoms with E-state index in [4.69, 9.17) is 0 Å². The van der Waals surface area contributed by atoms with Crippen molar-refractivity contribution < 1.29 is 0 Å². The Morgan fingerprint density at radius 1 is 1.38 bits per heavy atom. The van der Waals surface area contributed by atoms with E-state index in [0.717, 1.165) is 12.5 Å². The molecular weight excluding hydrogens is 158 g/mol. The van der Waals surface area contributed by atoms with Crippen molar-refractivity contribution in [1.82, 2.24) is 5.32 Å². The van der Waals surface area contributed by atoms with Crippen LogP contribution in [0, 0.1) is 0 Å². The van der Waals surface area contributed by atoms with E-state index in [9.17, 15) is 0 Å². The van der Waals surface area contributed by atoms with E-state index < -0.39 is 0 Å². The van der Waals surface area contributed by atoms with Gasteiger partial charge in [0.2, 0.25) is 0 Å². The van der Waals surface area contributed by atoms with Gasteiger partial charge in [-0.1, -0.05) is 24.3 Å². The molecule has 0 saturated heterocycles. The third-order valence-corrected chi connectivity index (χ3v) is 2.94. The molecule has 1 aromatic rings. The number of aryl methyl sites for hydroxylation is 1. The summed E-state index contributed by atoms with van der Waals surface area (Å²) in [4.78, 5) is 0. The highest BCUT2D eigenvalue weighted by molar-refractivity contribution is 5.32. The summed E-state index contributed by atoms with van der Waals surface area (Å²) in [5, 5.41) is 3.28. The lowest BCUT2D eigenvalue weighted by molar-refractivity contribution is 0.529. The average molecular weight is 175 g/mol. The SMILES string of the molecule is CNC[C@H]1CCCc2ccccc21. The molecule has 0 amide bonds. The highest BCUT2D eigenvalue weighted by Gasteiger charge is 2.18. The number of likely N-dealkylation sites (N-methyl/N-ethyl adjacent to an activating group) is 1. The van der Waals surface area contributed by atoms with Crippen molar-refractivity contribution in [2.45, 2.75) is 25.2 Å². The predicted molar refractivity (Wildman–Crippen MR) is 56.0 cm³/mol. The zero-order valence-corrected chi connectivity index (χ0v) is 8.22. The van der Waals surface area contributed by atoms with Crippen molar-refractivity contribution in [3.63, 3.8) is 0 Å². The van der Waals surface area contributed by atoms with Crippen LogP contribution in [0.3, 0.4) is 0 Å². The van der Waals surface area contributed by atoms with Gasteiger partial charge in [0.05, 0.1) is 0 Å². The quantitative estimate of drug-likeness (QED) is 0.727. The van der Waals surface area contributed by atoms with E-state index in [-0.39, 0.29) is 0 Å². The molecule has 0 heterocycles. The summed E-state index contributed by atoms with van der Waals surface area (Å²) >= 11 is 0. The zero-order valence-electron chi connectivity index (χ0n) is 8.22. The average Bonchev–Trinajstić information content (AvgIpc) is 2.19. The maximum atomic E-state index is 3.28. The molecule has 1 N–H and O–H groups in total. The summed E-state index contributed by atoms with van der Waals surface area (Å²) in [5.74, 6) is 0.745. The number of rotatable bonds is 2. The van der Waals surface area contributed by atoms with E-state index in [2.05, 4.69) is 29.6 Å². The first-order valence-electron chi connectivity index (χ1n) is 5.14. The number of fused-ring (bicyclic) bond motifs is 1. The molecule has 1 aliphatic rings. The molecule has 1 atom stereocenters. The molecule has 0 radical (unpaired) electrons. The van der Waals surface area contributed by atoms with Crippen molar-refractivity contribution in [2.75, 3.05) is 13.6 Å². The van der Waals surface area contributed by atoms with E-state index in [0.29, 0.717) is 0 Å². The fourth-order valence-electron chi connectivity index (χ4n) is 2.31. The van der Waals surface area contributed by atoms with Gasteiger partial charge in [0, 0.05) is 6.54 Å². The molecule has 0 saturated carbocycles. The van der Waals surface area contributed by atoms with Crippen LogP contribution in [0.2, 0.25) is 0 Å². The zero-order chi connectivity index (χ0) is 9.10. The smallest absolute Gasteiger partial charge is 0.00172 e. The normalized spacial score (nSPS) is 21.2. The summed E-state index contributed by atoms with van der Waals surface area (Å²) in [5.41, 5.74) is 3.14. The molecule has 0 spiro atoms. The van der Waals surface area contributed by atoms with Crippen LogP contribution in [0.25, 0.3) is 0 Å². The number of benzene rings is 1. The van der Waals surface area contributed by atoms with E-state index in [1.165, 1.54) is 19.3 Å². The molecule has 0 fully saturated rings. The number of hydrogen-bond acceptors (Lipinski definition) is 1. The van der Waals surface area contributed by atoms with Gasteiger partial charge < -0.3 is 5.32 Å². The lowest BCUT2D eigenvalue weighted by atomic mass is 9.83. The Labute approximate surface area is 80.2 Å². The summed E-state index contributed by atoms with van der Waals surface area (Å²) in [6.07, 6.45) is 3.97. The Morgan fingerprint density at radius 3 is 3.08 bits per heavy atom. The van der Waals surface area contributed by atoms with Gasteiger partial charge in [-0.05, 0) is 43.4 Å². The molecule has 2 rings (SSSR count). The Kier molecular flexibility index (Phi) is 2.65. The van der Waals surface area contributed by atoms with E-state index in [1.54, 1.807) is 11.1 Å². The standard InChI is InChI=1S/C12H17N/c1-13-9-11-7-4-6-10-5-2-3-8-12(10)11/h2-3,5,8,11,13H,4,6-7,9H2,1H3/t11-/m1/s1. The molecule has 0 bridgehead atoms. The van der Waals surface area contributed by atoms with Crippen LogP contribution in [-0.4, -0.2) is 13.6 Å². The van der Waals surface area contributed by atoms with Crippen LogP contribution < -0.4 is 5.32 Å². The van der Waals surface area contributed by atoms with Gasteiger partial charge >= 0.3 is 0 Å². The van der Waals surface area contributed by atoms with Crippen LogP contribution in [0.1, 0.15) is 29.9 Å². The van der Waals surface area contributed by atoms with Crippen molar-refractivity contribution in [3.8, 4) is 0 Å². The second-order valence-corrected chi connectivity index (χ2v) is 3.85. The largest absolute Gasteiger partial charge is 0.319 e. The highest BCUT2D eigenvalue weighted by Crippen LogP contribution is 2.30. The monoisotopic (exact) mass is 175 g/mol. The van der Waals surface area contributed by atoms with Crippen LogP contribution >= 0.6 is 0 Å². The van der Waals surface area contributed by atoms with Crippen LogP contribution in [0.4, 0.5) is 0 Å². The predicted octanol–water partition coefficient (Wildman–Crippen LogP) is 2.33. The minimum atomic E-state index is 0.745. The number of hydrogen-bond donors (Lipinski definition) is 1. The first-order valence-corrected chi connectivity index (χ1v) is 5.14. The number of nitrogens with one attached hydrogen (secondary N) is 1. The Balaban J connectivity index is 2.26. The van der Waals surface area contributed by atoms with Gasteiger partial charge in [-0.2, -0.15) is 0 Å². The van der Waals surface area contributed by atoms with E-state index >= 15 is 0 Å². The molecule has 1 heteroatoms. The second-order valence-electron chi connectivity index (χ2n) is 3.85. The molecule has 1 aromatic carbocycles. The molecular formula is C12H17N. The lowest BCUT2D eigenvalue weighted by Gasteiger charge is -2.25. The van der Waals surface area contributed by atoms with Gasteiger partial charge in [-0.25, -0.2) is 0 Å². The minimum absolute atomic E-state index is 0.745. The third kappa shape index (κ3) is 1.75. The molecule has 1 nitrogen and oxygen atoms in total. The first-order chi connectivity index (χ1) is 6.42. The van der Waals surface area contributed by atoms with Crippen LogP contribution in [0.15, 0.2) is 24.3 Å². The molecule has 1 aliphatic carbocycles. The second kappa shape index (κ2) is 3.93. The van der Waals surface area contributed by atoms with Crippen LogP contribution in [-0.2, 0) is 6.42 Å². The van der Waals surface area contributed by atoms with Gasteiger partial charge in [-0.3, -0.25) is 0 Å². The van der Waals surface area contributed by atoms with Gasteiger partial charge in [0.1, 0.15) is 0 Å².